The summed E-state index contributed by atoms with van der Waals surface area (Å²) in [5.74, 6) is -0.514. The first kappa shape index (κ1) is 25.1. The van der Waals surface area contributed by atoms with E-state index in [4.69, 9.17) is 9.15 Å². The van der Waals surface area contributed by atoms with Gasteiger partial charge in [0.15, 0.2) is 12.2 Å². The lowest BCUT2D eigenvalue weighted by molar-refractivity contribution is -0.118. The summed E-state index contributed by atoms with van der Waals surface area (Å²) in [5.41, 5.74) is 2.82. The van der Waals surface area contributed by atoms with Crippen LogP contribution in [0.3, 0.4) is 0 Å². The molecule has 2 aromatic heterocycles. The van der Waals surface area contributed by atoms with Gasteiger partial charge in [-0.15, -0.1) is 0 Å². The molecule has 8 nitrogen and oxygen atoms in total. The second kappa shape index (κ2) is 10.3. The van der Waals surface area contributed by atoms with Crippen LogP contribution in [0.5, 0.6) is 5.88 Å². The van der Waals surface area contributed by atoms with Gasteiger partial charge in [0.05, 0.1) is 24.6 Å². The highest BCUT2D eigenvalue weighted by atomic mass is 32.2. The van der Waals surface area contributed by atoms with Crippen LogP contribution >= 0.6 is 0 Å². The van der Waals surface area contributed by atoms with Crippen LogP contribution in [0.15, 0.2) is 76.6 Å². The minimum Gasteiger partial charge on any atom is -0.481 e. The van der Waals surface area contributed by atoms with Gasteiger partial charge in [0.2, 0.25) is 11.8 Å². The molecule has 2 aromatic carbocycles. The van der Waals surface area contributed by atoms with Crippen LogP contribution in [-0.2, 0) is 21.2 Å². The second-order valence-electron chi connectivity index (χ2n) is 8.36. The highest BCUT2D eigenvalue weighted by Gasteiger charge is 2.22. The maximum atomic E-state index is 14.5. The fraction of sp³-hybridized carbons (Fsp3) is 0.192. The van der Waals surface area contributed by atoms with Crippen molar-refractivity contribution in [1.29, 1.82) is 0 Å². The van der Waals surface area contributed by atoms with Crippen LogP contribution in [0.2, 0.25) is 0 Å². The normalized spacial score (nSPS) is 11.5. The SMILES string of the molecule is COc1cc(-c2cc(F)cc(C(C)C)c2CC(=O)NS(=O)(=O)c2ccc(-c3cnco3)cc2)ccn1. The summed E-state index contributed by atoms with van der Waals surface area (Å²) in [5, 5.41) is 0. The Labute approximate surface area is 208 Å². The smallest absolute Gasteiger partial charge is 0.264 e. The number of hydrogen-bond donors (Lipinski definition) is 1. The number of benzene rings is 2. The van der Waals surface area contributed by atoms with Crippen molar-refractivity contribution in [2.45, 2.75) is 31.1 Å². The molecule has 36 heavy (non-hydrogen) atoms. The van der Waals surface area contributed by atoms with E-state index >= 15 is 0 Å². The number of hydrogen-bond acceptors (Lipinski definition) is 7. The molecule has 0 radical (unpaired) electrons. The third-order valence-corrected chi connectivity index (χ3v) is 6.98. The van der Waals surface area contributed by atoms with Crippen molar-refractivity contribution in [3.63, 3.8) is 0 Å². The predicted molar refractivity (Wildman–Crippen MR) is 131 cm³/mol. The Bertz CT molecular complexity index is 1480. The molecular weight excluding hydrogens is 485 g/mol. The molecule has 10 heteroatoms. The van der Waals surface area contributed by atoms with E-state index in [-0.39, 0.29) is 17.2 Å². The quantitative estimate of drug-likeness (QED) is 0.366. The third kappa shape index (κ3) is 5.44. The number of pyridine rings is 1. The zero-order valence-electron chi connectivity index (χ0n) is 19.9. The van der Waals surface area contributed by atoms with Crippen LogP contribution in [0.1, 0.15) is 30.9 Å². The van der Waals surface area contributed by atoms with Gasteiger partial charge in [0, 0.05) is 17.8 Å². The molecule has 186 valence electrons. The van der Waals surface area contributed by atoms with E-state index in [1.54, 1.807) is 24.3 Å². The number of nitrogens with one attached hydrogen (secondary N) is 1. The molecule has 0 aliphatic carbocycles. The van der Waals surface area contributed by atoms with Crippen molar-refractivity contribution < 1.29 is 26.8 Å². The first-order valence-corrected chi connectivity index (χ1v) is 12.5. The Morgan fingerprint density at radius 1 is 1.11 bits per heavy atom. The van der Waals surface area contributed by atoms with Crippen molar-refractivity contribution in [2.24, 2.45) is 0 Å². The summed E-state index contributed by atoms with van der Waals surface area (Å²) in [6.07, 6.45) is 4.03. The molecule has 1 N–H and O–H groups in total. The van der Waals surface area contributed by atoms with Crippen LogP contribution in [0, 0.1) is 5.82 Å². The molecule has 0 saturated heterocycles. The van der Waals surface area contributed by atoms with E-state index in [1.165, 1.54) is 50.2 Å². The average Bonchev–Trinajstić information content (AvgIpc) is 3.39. The van der Waals surface area contributed by atoms with Crippen LogP contribution in [0.4, 0.5) is 4.39 Å². The summed E-state index contributed by atoms with van der Waals surface area (Å²) >= 11 is 0. The molecule has 0 saturated carbocycles. The number of carbonyl (C=O) groups excluding carboxylic acids is 1. The fourth-order valence-electron chi connectivity index (χ4n) is 3.88. The maximum absolute atomic E-state index is 14.5. The lowest BCUT2D eigenvalue weighted by Gasteiger charge is -2.18. The van der Waals surface area contributed by atoms with Crippen LogP contribution in [0.25, 0.3) is 22.5 Å². The number of methoxy groups -OCH3 is 1. The zero-order valence-corrected chi connectivity index (χ0v) is 20.7. The Kier molecular flexibility index (Phi) is 7.16. The van der Waals surface area contributed by atoms with E-state index in [0.29, 0.717) is 39.5 Å². The van der Waals surface area contributed by atoms with Crippen molar-refractivity contribution in [3.05, 3.63) is 84.3 Å². The lowest BCUT2D eigenvalue weighted by Crippen LogP contribution is -2.32. The first-order chi connectivity index (χ1) is 17.2. The minimum absolute atomic E-state index is 0.0820. The summed E-state index contributed by atoms with van der Waals surface area (Å²) in [4.78, 5) is 20.8. The molecule has 4 rings (SSSR count). The molecule has 0 atom stereocenters. The topological polar surface area (TPSA) is 111 Å². The number of aromatic nitrogens is 2. The largest absolute Gasteiger partial charge is 0.481 e. The molecule has 4 aromatic rings. The lowest BCUT2D eigenvalue weighted by atomic mass is 9.88. The molecule has 1 amide bonds. The van der Waals surface area contributed by atoms with E-state index in [1.807, 2.05) is 13.8 Å². The third-order valence-electron chi connectivity index (χ3n) is 5.59. The zero-order chi connectivity index (χ0) is 25.9. The molecule has 0 unspecified atom stereocenters. The maximum Gasteiger partial charge on any atom is 0.264 e. The van der Waals surface area contributed by atoms with E-state index in [9.17, 15) is 17.6 Å². The second-order valence-corrected chi connectivity index (χ2v) is 10.0. The summed E-state index contributed by atoms with van der Waals surface area (Å²) in [6.45, 7) is 3.75. The van der Waals surface area contributed by atoms with Gasteiger partial charge in [-0.2, -0.15) is 0 Å². The number of halogens is 1. The van der Waals surface area contributed by atoms with Gasteiger partial charge < -0.3 is 9.15 Å². The molecule has 0 aliphatic heterocycles. The van der Waals surface area contributed by atoms with Crippen LogP contribution < -0.4 is 9.46 Å². The van der Waals surface area contributed by atoms with Gasteiger partial charge in [-0.1, -0.05) is 13.8 Å². The summed E-state index contributed by atoms with van der Waals surface area (Å²) in [7, 11) is -2.68. The van der Waals surface area contributed by atoms with Gasteiger partial charge in [0.25, 0.3) is 10.0 Å². The Morgan fingerprint density at radius 3 is 2.50 bits per heavy atom. The average molecular weight is 510 g/mol. The Balaban J connectivity index is 1.63. The van der Waals surface area contributed by atoms with Gasteiger partial charge in [-0.25, -0.2) is 27.5 Å². The molecule has 0 aliphatic rings. The number of ether oxygens (including phenoxy) is 1. The van der Waals surface area contributed by atoms with Crippen molar-refractivity contribution in [1.82, 2.24) is 14.7 Å². The number of nitrogens with zero attached hydrogens (tertiary/aromatic N) is 2. The standard InChI is InChI=1S/C26H24FN3O5S/c1-16(2)21-11-19(27)12-22(18-8-9-29-26(10-18)34-3)23(21)13-25(31)30-36(32,33)20-6-4-17(5-7-20)24-14-28-15-35-24/h4-12,14-16H,13H2,1-3H3,(H,30,31). The fourth-order valence-corrected chi connectivity index (χ4v) is 4.86. The molecular formula is C26H24FN3O5S. The molecule has 0 spiro atoms. The number of rotatable bonds is 8. The molecule has 0 fully saturated rings. The van der Waals surface area contributed by atoms with E-state index in [0.717, 1.165) is 0 Å². The van der Waals surface area contributed by atoms with Gasteiger partial charge in [-0.3, -0.25) is 4.79 Å². The molecule has 2 heterocycles. The summed E-state index contributed by atoms with van der Waals surface area (Å²) < 4.78 is 52.8. The van der Waals surface area contributed by atoms with Crippen molar-refractivity contribution >= 4 is 15.9 Å². The number of oxazole rings is 1. The van der Waals surface area contributed by atoms with Crippen molar-refractivity contribution in [2.75, 3.05) is 7.11 Å². The number of sulfonamides is 1. The van der Waals surface area contributed by atoms with E-state index in [2.05, 4.69) is 14.7 Å². The van der Waals surface area contributed by atoms with Gasteiger partial charge >= 0.3 is 0 Å². The summed E-state index contributed by atoms with van der Waals surface area (Å²) in [6, 6.07) is 11.9. The Hall–Kier alpha value is -4.05. The number of amides is 1. The molecule has 0 bridgehead atoms. The predicted octanol–water partition coefficient (Wildman–Crippen LogP) is 4.72. The highest BCUT2D eigenvalue weighted by molar-refractivity contribution is 7.90. The van der Waals surface area contributed by atoms with Crippen LogP contribution in [-0.4, -0.2) is 31.4 Å². The van der Waals surface area contributed by atoms with Gasteiger partial charge in [-0.05, 0) is 70.6 Å². The minimum atomic E-state index is -4.14. The number of carbonyl (C=O) groups is 1. The monoisotopic (exact) mass is 509 g/mol. The highest BCUT2D eigenvalue weighted by Crippen LogP contribution is 2.33. The van der Waals surface area contributed by atoms with Crippen molar-refractivity contribution in [3.8, 4) is 28.3 Å². The Morgan fingerprint density at radius 2 is 1.86 bits per heavy atom. The first-order valence-electron chi connectivity index (χ1n) is 11.0. The van der Waals surface area contributed by atoms with E-state index < -0.39 is 21.7 Å². The van der Waals surface area contributed by atoms with Gasteiger partial charge in [0.1, 0.15) is 5.82 Å².